The molecular weight excluding hydrogens is 326 g/mol. The van der Waals surface area contributed by atoms with Crippen molar-refractivity contribution in [2.75, 3.05) is 26.7 Å². The highest BCUT2D eigenvalue weighted by atomic mass is 16.5. The van der Waals surface area contributed by atoms with E-state index in [9.17, 15) is 0 Å². The summed E-state index contributed by atoms with van der Waals surface area (Å²) in [5.74, 6) is 1.70. The minimum absolute atomic E-state index is 0.676. The van der Waals surface area contributed by atoms with Gasteiger partial charge in [0.25, 0.3) is 0 Å². The van der Waals surface area contributed by atoms with Gasteiger partial charge in [-0.3, -0.25) is 4.99 Å². The quantitative estimate of drug-likeness (QED) is 0.372. The number of para-hydroxylation sites is 1. The van der Waals surface area contributed by atoms with Gasteiger partial charge in [-0.15, -0.1) is 0 Å². The number of pyridine rings is 1. The van der Waals surface area contributed by atoms with Crippen molar-refractivity contribution in [2.24, 2.45) is 4.99 Å². The molecule has 26 heavy (non-hydrogen) atoms. The fraction of sp³-hybridized carbons (Fsp3) is 0.300. The third-order valence-corrected chi connectivity index (χ3v) is 3.94. The Bertz CT molecular complexity index is 795. The van der Waals surface area contributed by atoms with Crippen molar-refractivity contribution in [3.8, 4) is 5.75 Å². The zero-order valence-corrected chi connectivity index (χ0v) is 15.1. The lowest BCUT2D eigenvalue weighted by Crippen LogP contribution is -2.39. The molecule has 6 heteroatoms. The van der Waals surface area contributed by atoms with Crippen LogP contribution in [0.4, 0.5) is 0 Å². The molecule has 0 unspecified atom stereocenters. The molecule has 2 aromatic heterocycles. The molecule has 6 nitrogen and oxygen atoms in total. The van der Waals surface area contributed by atoms with Gasteiger partial charge in [0, 0.05) is 39.0 Å². The number of rotatable bonds is 8. The van der Waals surface area contributed by atoms with E-state index in [0.717, 1.165) is 49.0 Å². The Kier molecular flexibility index (Phi) is 6.47. The number of imidazole rings is 1. The summed E-state index contributed by atoms with van der Waals surface area (Å²) in [6.45, 7) is 2.26. The molecule has 0 fully saturated rings. The SMILES string of the molecule is CN=C(NCCCOc1ccccc1)NCCc1cn2ccccc2n1. The van der Waals surface area contributed by atoms with Crippen LogP contribution in [0.1, 0.15) is 12.1 Å². The van der Waals surface area contributed by atoms with E-state index in [1.54, 1.807) is 7.05 Å². The monoisotopic (exact) mass is 351 g/mol. The van der Waals surface area contributed by atoms with Gasteiger partial charge in [0.1, 0.15) is 11.4 Å². The molecule has 0 amide bonds. The van der Waals surface area contributed by atoms with Crippen molar-refractivity contribution in [3.63, 3.8) is 0 Å². The average Bonchev–Trinajstić information content (AvgIpc) is 3.10. The predicted molar refractivity (Wildman–Crippen MR) is 105 cm³/mol. The zero-order chi connectivity index (χ0) is 18.0. The minimum Gasteiger partial charge on any atom is -0.494 e. The average molecular weight is 351 g/mol. The Hall–Kier alpha value is -3.02. The first-order valence-corrected chi connectivity index (χ1v) is 8.90. The van der Waals surface area contributed by atoms with Gasteiger partial charge < -0.3 is 19.8 Å². The van der Waals surface area contributed by atoms with E-state index in [-0.39, 0.29) is 0 Å². The number of benzene rings is 1. The van der Waals surface area contributed by atoms with Crippen LogP contribution in [0.2, 0.25) is 0 Å². The molecule has 3 rings (SSSR count). The third kappa shape index (κ3) is 5.24. The van der Waals surface area contributed by atoms with Crippen LogP contribution >= 0.6 is 0 Å². The van der Waals surface area contributed by atoms with Crippen LogP contribution in [0, 0.1) is 0 Å². The molecule has 136 valence electrons. The maximum Gasteiger partial charge on any atom is 0.190 e. The van der Waals surface area contributed by atoms with Gasteiger partial charge in [0.05, 0.1) is 12.3 Å². The Morgan fingerprint density at radius 3 is 2.69 bits per heavy atom. The number of fused-ring (bicyclic) bond motifs is 1. The van der Waals surface area contributed by atoms with Gasteiger partial charge in [0.15, 0.2) is 5.96 Å². The normalized spacial score (nSPS) is 11.5. The van der Waals surface area contributed by atoms with Gasteiger partial charge in [-0.05, 0) is 30.7 Å². The lowest BCUT2D eigenvalue weighted by Gasteiger charge is -2.11. The molecule has 0 saturated carbocycles. The van der Waals surface area contributed by atoms with Crippen LogP contribution in [-0.2, 0) is 6.42 Å². The maximum absolute atomic E-state index is 5.68. The summed E-state index contributed by atoms with van der Waals surface area (Å²) in [7, 11) is 1.78. The summed E-state index contributed by atoms with van der Waals surface area (Å²) in [4.78, 5) is 8.84. The Morgan fingerprint density at radius 2 is 1.88 bits per heavy atom. The van der Waals surface area contributed by atoms with Gasteiger partial charge >= 0.3 is 0 Å². The van der Waals surface area contributed by atoms with Crippen molar-refractivity contribution in [1.29, 1.82) is 0 Å². The Labute approximate surface area is 153 Å². The van der Waals surface area contributed by atoms with Crippen LogP contribution in [0.3, 0.4) is 0 Å². The molecule has 0 bridgehead atoms. The lowest BCUT2D eigenvalue weighted by atomic mass is 10.3. The number of hydrogen-bond donors (Lipinski definition) is 2. The van der Waals surface area contributed by atoms with E-state index in [1.807, 2.05) is 59.1 Å². The maximum atomic E-state index is 5.68. The molecule has 0 aliphatic carbocycles. The molecule has 2 heterocycles. The largest absolute Gasteiger partial charge is 0.494 e. The van der Waals surface area contributed by atoms with Gasteiger partial charge in [-0.25, -0.2) is 4.98 Å². The van der Waals surface area contributed by atoms with Crippen molar-refractivity contribution in [1.82, 2.24) is 20.0 Å². The van der Waals surface area contributed by atoms with Crippen LogP contribution in [0.25, 0.3) is 5.65 Å². The van der Waals surface area contributed by atoms with Gasteiger partial charge in [0.2, 0.25) is 0 Å². The topological polar surface area (TPSA) is 63.0 Å². The highest BCUT2D eigenvalue weighted by Gasteiger charge is 2.02. The summed E-state index contributed by atoms with van der Waals surface area (Å²) >= 11 is 0. The first-order valence-electron chi connectivity index (χ1n) is 8.90. The molecule has 1 aromatic carbocycles. The second-order valence-electron chi connectivity index (χ2n) is 5.89. The van der Waals surface area contributed by atoms with Crippen molar-refractivity contribution >= 4 is 11.6 Å². The lowest BCUT2D eigenvalue weighted by molar-refractivity contribution is 0.311. The molecular formula is C20H25N5O. The summed E-state index contributed by atoms with van der Waals surface area (Å²) in [6.07, 6.45) is 5.83. The third-order valence-electron chi connectivity index (χ3n) is 3.94. The van der Waals surface area contributed by atoms with Crippen LogP contribution in [0.15, 0.2) is 65.9 Å². The first kappa shape index (κ1) is 17.8. The van der Waals surface area contributed by atoms with E-state index in [2.05, 4.69) is 26.8 Å². The summed E-state index contributed by atoms with van der Waals surface area (Å²) in [6, 6.07) is 15.9. The molecule has 2 N–H and O–H groups in total. The van der Waals surface area contributed by atoms with Gasteiger partial charge in [-0.1, -0.05) is 24.3 Å². The van der Waals surface area contributed by atoms with E-state index in [0.29, 0.717) is 6.61 Å². The fourth-order valence-electron chi connectivity index (χ4n) is 2.62. The Morgan fingerprint density at radius 1 is 1.08 bits per heavy atom. The highest BCUT2D eigenvalue weighted by Crippen LogP contribution is 2.08. The second kappa shape index (κ2) is 9.46. The molecule has 0 aliphatic rings. The van der Waals surface area contributed by atoms with Crippen molar-refractivity contribution in [3.05, 3.63) is 66.6 Å². The van der Waals surface area contributed by atoms with E-state index < -0.39 is 0 Å². The molecule has 0 radical (unpaired) electrons. The summed E-state index contributed by atoms with van der Waals surface area (Å²) < 4.78 is 7.72. The second-order valence-corrected chi connectivity index (χ2v) is 5.89. The van der Waals surface area contributed by atoms with E-state index in [1.165, 1.54) is 0 Å². The number of aromatic nitrogens is 2. The standard InChI is InChI=1S/C20H25N5O/c1-21-20(22-12-7-15-26-18-8-3-2-4-9-18)23-13-11-17-16-25-14-6-5-10-19(25)24-17/h2-6,8-10,14,16H,7,11-13,15H2,1H3,(H2,21,22,23). The number of nitrogens with zero attached hydrogens (tertiary/aromatic N) is 3. The first-order chi connectivity index (χ1) is 12.8. The smallest absolute Gasteiger partial charge is 0.190 e. The van der Waals surface area contributed by atoms with Crippen LogP contribution in [0.5, 0.6) is 5.75 Å². The number of hydrogen-bond acceptors (Lipinski definition) is 3. The number of ether oxygens (including phenoxy) is 1. The molecule has 0 saturated heterocycles. The predicted octanol–water partition coefficient (Wildman–Crippen LogP) is 2.51. The summed E-state index contributed by atoms with van der Waals surface area (Å²) in [5.41, 5.74) is 2.04. The van der Waals surface area contributed by atoms with E-state index in [4.69, 9.17) is 4.74 Å². The molecule has 0 aliphatic heterocycles. The fourth-order valence-corrected chi connectivity index (χ4v) is 2.62. The van der Waals surface area contributed by atoms with Crippen LogP contribution < -0.4 is 15.4 Å². The molecule has 0 atom stereocenters. The van der Waals surface area contributed by atoms with E-state index >= 15 is 0 Å². The number of nitrogens with one attached hydrogen (secondary N) is 2. The minimum atomic E-state index is 0.676. The van der Waals surface area contributed by atoms with Crippen molar-refractivity contribution < 1.29 is 4.74 Å². The number of guanidine groups is 1. The van der Waals surface area contributed by atoms with Gasteiger partial charge in [-0.2, -0.15) is 0 Å². The zero-order valence-electron chi connectivity index (χ0n) is 15.1. The summed E-state index contributed by atoms with van der Waals surface area (Å²) in [5, 5.41) is 6.62. The molecule has 0 spiro atoms. The Balaban J connectivity index is 1.33. The molecule has 3 aromatic rings. The van der Waals surface area contributed by atoms with Crippen LogP contribution in [-0.4, -0.2) is 42.1 Å². The highest BCUT2D eigenvalue weighted by molar-refractivity contribution is 5.79. The number of aliphatic imine (C=N–C) groups is 1. The van der Waals surface area contributed by atoms with Crippen molar-refractivity contribution in [2.45, 2.75) is 12.8 Å².